The molecule has 0 fully saturated rings. The Kier molecular flexibility index (Phi) is 3.02. The average Bonchev–Trinajstić information content (AvgIpc) is 2.46. The average molecular weight is 252 g/mol. The van der Waals surface area contributed by atoms with Gasteiger partial charge in [0.2, 0.25) is 0 Å². The Balaban J connectivity index is 2.58. The Labute approximate surface area is 99.8 Å². The van der Waals surface area contributed by atoms with Gasteiger partial charge in [-0.2, -0.15) is 0 Å². The summed E-state index contributed by atoms with van der Waals surface area (Å²) in [5, 5.41) is 0. The standard InChI is InChI=1S/C12H12O4S/c1-16-12(13)10-6-7-17(14,15)11-5-3-2-4-9(11)8-10/h2-5,8H,6-7H2,1H3. The molecule has 0 saturated heterocycles. The molecule has 17 heavy (non-hydrogen) atoms. The molecule has 0 radical (unpaired) electrons. The van der Waals surface area contributed by atoms with Crippen LogP contribution in [0.25, 0.3) is 6.08 Å². The van der Waals surface area contributed by atoms with Gasteiger partial charge in [0.1, 0.15) is 0 Å². The minimum Gasteiger partial charge on any atom is -0.466 e. The molecule has 2 rings (SSSR count). The maximum absolute atomic E-state index is 12.0. The summed E-state index contributed by atoms with van der Waals surface area (Å²) in [4.78, 5) is 11.7. The minimum absolute atomic E-state index is 0.0645. The number of fused-ring (bicyclic) bond motifs is 1. The molecule has 0 amide bonds. The number of rotatable bonds is 1. The highest BCUT2D eigenvalue weighted by Crippen LogP contribution is 2.26. The van der Waals surface area contributed by atoms with Gasteiger partial charge < -0.3 is 4.74 Å². The quantitative estimate of drug-likeness (QED) is 0.709. The highest BCUT2D eigenvalue weighted by molar-refractivity contribution is 7.91. The van der Waals surface area contributed by atoms with Gasteiger partial charge in [0.15, 0.2) is 9.84 Å². The molecule has 0 aliphatic carbocycles. The summed E-state index contributed by atoms with van der Waals surface area (Å²) < 4.78 is 28.6. The number of ether oxygens (including phenoxy) is 1. The number of sulfone groups is 1. The van der Waals surface area contributed by atoms with Gasteiger partial charge in [-0.1, -0.05) is 18.2 Å². The zero-order valence-corrected chi connectivity index (χ0v) is 10.2. The number of benzene rings is 1. The van der Waals surface area contributed by atoms with Crippen LogP contribution >= 0.6 is 0 Å². The lowest BCUT2D eigenvalue weighted by Crippen LogP contribution is -2.09. The summed E-state index contributed by atoms with van der Waals surface area (Å²) in [5.74, 6) is -0.540. The van der Waals surface area contributed by atoms with E-state index in [2.05, 4.69) is 4.74 Å². The molecule has 0 N–H and O–H groups in total. The van der Waals surface area contributed by atoms with Crippen molar-refractivity contribution in [2.75, 3.05) is 12.9 Å². The third-order valence-corrected chi connectivity index (χ3v) is 4.46. The van der Waals surface area contributed by atoms with Gasteiger partial charge in [-0.3, -0.25) is 0 Å². The lowest BCUT2D eigenvalue weighted by molar-refractivity contribution is -0.136. The number of carbonyl (C=O) groups excluding carboxylic acids is 1. The lowest BCUT2D eigenvalue weighted by atomic mass is 10.1. The van der Waals surface area contributed by atoms with Crippen LogP contribution in [0.3, 0.4) is 0 Å². The number of hydrogen-bond acceptors (Lipinski definition) is 4. The molecule has 5 heteroatoms. The van der Waals surface area contributed by atoms with E-state index in [4.69, 9.17) is 0 Å². The monoisotopic (exact) mass is 252 g/mol. The third-order valence-electron chi connectivity index (χ3n) is 2.67. The van der Waals surface area contributed by atoms with Crippen molar-refractivity contribution in [3.63, 3.8) is 0 Å². The lowest BCUT2D eigenvalue weighted by Gasteiger charge is -2.02. The summed E-state index contributed by atoms with van der Waals surface area (Å²) in [5.41, 5.74) is 0.937. The van der Waals surface area contributed by atoms with Gasteiger partial charge in [0.05, 0.1) is 17.8 Å². The number of carbonyl (C=O) groups is 1. The van der Waals surface area contributed by atoms with Crippen molar-refractivity contribution >= 4 is 21.9 Å². The first-order valence-corrected chi connectivity index (χ1v) is 6.80. The van der Waals surface area contributed by atoms with E-state index < -0.39 is 15.8 Å². The normalized spacial score (nSPS) is 17.6. The van der Waals surface area contributed by atoms with Crippen LogP contribution in [0.4, 0.5) is 0 Å². The first-order chi connectivity index (χ1) is 8.04. The van der Waals surface area contributed by atoms with Crippen molar-refractivity contribution in [3.8, 4) is 0 Å². The van der Waals surface area contributed by atoms with Crippen molar-refractivity contribution in [1.82, 2.24) is 0 Å². The SMILES string of the molecule is COC(=O)C1=Cc2ccccc2S(=O)(=O)CC1. The van der Waals surface area contributed by atoms with Gasteiger partial charge in [-0.25, -0.2) is 13.2 Å². The molecule has 0 aromatic heterocycles. The molecular formula is C12H12O4S. The van der Waals surface area contributed by atoms with Crippen LogP contribution in [0.1, 0.15) is 12.0 Å². The molecule has 4 nitrogen and oxygen atoms in total. The Morgan fingerprint density at radius 3 is 2.71 bits per heavy atom. The second kappa shape index (κ2) is 4.33. The maximum atomic E-state index is 12.0. The zero-order chi connectivity index (χ0) is 12.5. The summed E-state index contributed by atoms with van der Waals surface area (Å²) in [7, 11) is -2.03. The smallest absolute Gasteiger partial charge is 0.333 e. The molecule has 0 bridgehead atoms. The zero-order valence-electron chi connectivity index (χ0n) is 9.34. The highest BCUT2D eigenvalue weighted by atomic mass is 32.2. The fraction of sp³-hybridized carbons (Fsp3) is 0.250. The van der Waals surface area contributed by atoms with Crippen LogP contribution in [0, 0.1) is 0 Å². The second-order valence-corrected chi connectivity index (χ2v) is 5.85. The van der Waals surface area contributed by atoms with E-state index in [-0.39, 0.29) is 17.1 Å². The highest BCUT2D eigenvalue weighted by Gasteiger charge is 2.24. The maximum Gasteiger partial charge on any atom is 0.333 e. The van der Waals surface area contributed by atoms with Gasteiger partial charge in [-0.15, -0.1) is 0 Å². The van der Waals surface area contributed by atoms with Crippen molar-refractivity contribution in [2.45, 2.75) is 11.3 Å². The van der Waals surface area contributed by atoms with Crippen molar-refractivity contribution in [3.05, 3.63) is 35.4 Å². The first kappa shape index (κ1) is 11.9. The Hall–Kier alpha value is -1.62. The molecule has 1 aromatic carbocycles. The van der Waals surface area contributed by atoms with E-state index in [9.17, 15) is 13.2 Å². The Bertz CT molecular complexity index is 584. The van der Waals surface area contributed by atoms with Crippen LogP contribution in [0.15, 0.2) is 34.7 Å². The van der Waals surface area contributed by atoms with Crippen LogP contribution in [-0.2, 0) is 19.4 Å². The van der Waals surface area contributed by atoms with Gasteiger partial charge in [0.25, 0.3) is 0 Å². The number of methoxy groups -OCH3 is 1. The molecule has 90 valence electrons. The molecule has 0 atom stereocenters. The predicted octanol–water partition coefficient (Wildman–Crippen LogP) is 1.42. The molecule has 0 saturated carbocycles. The second-order valence-electron chi connectivity index (χ2n) is 3.77. The molecule has 1 aliphatic heterocycles. The molecular weight excluding hydrogens is 240 g/mol. The number of hydrogen-bond donors (Lipinski definition) is 0. The summed E-state index contributed by atoms with van der Waals surface area (Å²) in [6, 6.07) is 6.65. The molecule has 1 heterocycles. The molecule has 0 spiro atoms. The van der Waals surface area contributed by atoms with Gasteiger partial charge in [0, 0.05) is 5.57 Å². The van der Waals surface area contributed by atoms with Crippen LogP contribution in [0.2, 0.25) is 0 Å². The van der Waals surface area contributed by atoms with Gasteiger partial charge >= 0.3 is 5.97 Å². The predicted molar refractivity (Wildman–Crippen MR) is 63.1 cm³/mol. The summed E-state index contributed by atoms with van der Waals surface area (Å²) in [6.07, 6.45) is 1.77. The Morgan fingerprint density at radius 1 is 1.29 bits per heavy atom. The van der Waals surface area contributed by atoms with Crippen molar-refractivity contribution in [2.24, 2.45) is 0 Å². The third kappa shape index (κ3) is 2.24. The van der Waals surface area contributed by atoms with E-state index in [1.807, 2.05) is 0 Å². The summed E-state index contributed by atoms with van der Waals surface area (Å²) in [6.45, 7) is 0. The first-order valence-electron chi connectivity index (χ1n) is 5.15. The molecule has 1 aliphatic rings. The topological polar surface area (TPSA) is 60.4 Å². The van der Waals surface area contributed by atoms with Gasteiger partial charge in [-0.05, 0) is 24.1 Å². The summed E-state index contributed by atoms with van der Waals surface area (Å²) >= 11 is 0. The minimum atomic E-state index is -3.31. The van der Waals surface area contributed by atoms with Crippen LogP contribution in [0.5, 0.6) is 0 Å². The molecule has 1 aromatic rings. The largest absolute Gasteiger partial charge is 0.466 e. The molecule has 0 unspecified atom stereocenters. The number of esters is 1. The van der Waals surface area contributed by atoms with Crippen LogP contribution in [-0.4, -0.2) is 27.2 Å². The van der Waals surface area contributed by atoms with E-state index in [0.717, 1.165) is 0 Å². The van der Waals surface area contributed by atoms with E-state index in [0.29, 0.717) is 11.1 Å². The fourth-order valence-electron chi connectivity index (χ4n) is 1.79. The van der Waals surface area contributed by atoms with E-state index in [1.165, 1.54) is 7.11 Å². The fourth-order valence-corrected chi connectivity index (χ4v) is 3.27. The van der Waals surface area contributed by atoms with Crippen molar-refractivity contribution in [1.29, 1.82) is 0 Å². The Morgan fingerprint density at radius 2 is 2.00 bits per heavy atom. The van der Waals surface area contributed by atoms with E-state index >= 15 is 0 Å². The van der Waals surface area contributed by atoms with Crippen molar-refractivity contribution < 1.29 is 17.9 Å². The van der Waals surface area contributed by atoms with Crippen LogP contribution < -0.4 is 0 Å². The van der Waals surface area contributed by atoms with E-state index in [1.54, 1.807) is 30.3 Å².